The minimum atomic E-state index is -0.421. The third kappa shape index (κ3) is 6.45. The molecule has 1 aliphatic heterocycles. The topological polar surface area (TPSA) is 87.5 Å². The van der Waals surface area contributed by atoms with Gasteiger partial charge in [-0.2, -0.15) is 0 Å². The van der Waals surface area contributed by atoms with Crippen LogP contribution in [0, 0.1) is 0 Å². The Bertz CT molecular complexity index is 263. The summed E-state index contributed by atoms with van der Waals surface area (Å²) in [6.07, 6.45) is 1.76. The van der Waals surface area contributed by atoms with Gasteiger partial charge in [0.2, 0.25) is 5.91 Å². The average Bonchev–Trinajstić information content (AvgIpc) is 2.60. The summed E-state index contributed by atoms with van der Waals surface area (Å²) >= 11 is 0. The van der Waals surface area contributed by atoms with Crippen molar-refractivity contribution >= 4 is 24.3 Å². The van der Waals surface area contributed by atoms with Crippen molar-refractivity contribution in [2.45, 2.75) is 25.8 Å². The molecule has 100 valence electrons. The van der Waals surface area contributed by atoms with Crippen molar-refractivity contribution < 1.29 is 9.59 Å². The maximum atomic E-state index is 11.4. The summed E-state index contributed by atoms with van der Waals surface area (Å²) in [5, 5.41) is 4.87. The van der Waals surface area contributed by atoms with Crippen molar-refractivity contribution in [3.8, 4) is 0 Å². The summed E-state index contributed by atoms with van der Waals surface area (Å²) in [4.78, 5) is 24.5. The molecule has 0 bridgehead atoms. The molecular formula is C10H21ClN4O2. The van der Waals surface area contributed by atoms with E-state index >= 15 is 0 Å². The van der Waals surface area contributed by atoms with E-state index in [4.69, 9.17) is 5.73 Å². The quantitative estimate of drug-likeness (QED) is 0.649. The molecule has 0 unspecified atom stereocenters. The van der Waals surface area contributed by atoms with E-state index in [1.807, 2.05) is 11.8 Å². The van der Waals surface area contributed by atoms with Crippen LogP contribution in [0.5, 0.6) is 0 Å². The van der Waals surface area contributed by atoms with Crippen LogP contribution in [0.25, 0.3) is 0 Å². The number of nitrogens with one attached hydrogen (secondary N) is 2. The number of amides is 3. The number of imide groups is 1. The largest absolute Gasteiger partial charge is 0.338 e. The molecule has 6 nitrogen and oxygen atoms in total. The Morgan fingerprint density at radius 3 is 2.71 bits per heavy atom. The lowest BCUT2D eigenvalue weighted by Gasteiger charge is -2.14. The first-order valence-electron chi connectivity index (χ1n) is 5.67. The lowest BCUT2D eigenvalue weighted by Crippen LogP contribution is -2.44. The number of carbonyl (C=O) groups excluding carboxylic acids is 2. The van der Waals surface area contributed by atoms with Gasteiger partial charge in [0.1, 0.15) is 0 Å². The Labute approximate surface area is 108 Å². The standard InChI is InChI=1S/C10H20N4O2.ClH/c1-2-4-12-10(16)13-9(15)7-14-5-3-8(11)6-14;/h8H,2-7,11H2,1H3,(H2,12,13,15,16);1H/t8-;/m0./s1. The van der Waals surface area contributed by atoms with Crippen molar-refractivity contribution in [2.75, 3.05) is 26.2 Å². The molecular weight excluding hydrogens is 244 g/mol. The molecule has 1 fully saturated rings. The molecule has 0 spiro atoms. The second kappa shape index (κ2) is 8.27. The van der Waals surface area contributed by atoms with E-state index in [1.165, 1.54) is 0 Å². The van der Waals surface area contributed by atoms with Gasteiger partial charge in [-0.15, -0.1) is 12.4 Å². The third-order valence-corrected chi connectivity index (χ3v) is 2.46. The normalized spacial score (nSPS) is 19.5. The highest BCUT2D eigenvalue weighted by molar-refractivity contribution is 5.95. The van der Waals surface area contributed by atoms with Crippen molar-refractivity contribution in [1.29, 1.82) is 0 Å². The first kappa shape index (κ1) is 16.1. The van der Waals surface area contributed by atoms with Crippen molar-refractivity contribution in [3.05, 3.63) is 0 Å². The van der Waals surface area contributed by atoms with E-state index in [-0.39, 0.29) is 30.9 Å². The summed E-state index contributed by atoms with van der Waals surface area (Å²) in [7, 11) is 0. The Morgan fingerprint density at radius 1 is 1.47 bits per heavy atom. The van der Waals surface area contributed by atoms with Crippen LogP contribution in [0.15, 0.2) is 0 Å². The van der Waals surface area contributed by atoms with Crippen molar-refractivity contribution in [1.82, 2.24) is 15.5 Å². The summed E-state index contributed by atoms with van der Waals surface area (Å²) in [6, 6.07) is -0.267. The number of likely N-dealkylation sites (tertiary alicyclic amines) is 1. The molecule has 1 aliphatic rings. The number of urea groups is 1. The van der Waals surface area contributed by atoms with E-state index in [9.17, 15) is 9.59 Å². The number of hydrogen-bond acceptors (Lipinski definition) is 4. The highest BCUT2D eigenvalue weighted by atomic mass is 35.5. The smallest absolute Gasteiger partial charge is 0.321 e. The number of carbonyl (C=O) groups is 2. The zero-order valence-corrected chi connectivity index (χ0v) is 10.9. The first-order valence-corrected chi connectivity index (χ1v) is 5.67. The predicted octanol–water partition coefficient (Wildman–Crippen LogP) is -0.323. The molecule has 3 amide bonds. The van der Waals surface area contributed by atoms with Gasteiger partial charge in [0.15, 0.2) is 0 Å². The molecule has 1 rings (SSSR count). The number of rotatable bonds is 4. The second-order valence-electron chi connectivity index (χ2n) is 4.09. The molecule has 4 N–H and O–H groups in total. The highest BCUT2D eigenvalue weighted by Gasteiger charge is 2.21. The molecule has 1 heterocycles. The maximum Gasteiger partial charge on any atom is 0.321 e. The van der Waals surface area contributed by atoms with E-state index < -0.39 is 6.03 Å². The van der Waals surface area contributed by atoms with Gasteiger partial charge in [0, 0.05) is 25.7 Å². The van der Waals surface area contributed by atoms with Crippen LogP contribution in [-0.4, -0.2) is 49.1 Å². The minimum absolute atomic E-state index is 0. The van der Waals surface area contributed by atoms with E-state index in [1.54, 1.807) is 0 Å². The molecule has 0 aliphatic carbocycles. The van der Waals surface area contributed by atoms with Gasteiger partial charge in [0.25, 0.3) is 0 Å². The lowest BCUT2D eigenvalue weighted by atomic mass is 10.3. The van der Waals surface area contributed by atoms with Crippen LogP contribution < -0.4 is 16.4 Å². The zero-order valence-electron chi connectivity index (χ0n) is 10.1. The summed E-state index contributed by atoms with van der Waals surface area (Å²) in [5.74, 6) is -0.275. The summed E-state index contributed by atoms with van der Waals surface area (Å²) in [6.45, 7) is 4.32. The highest BCUT2D eigenvalue weighted by Crippen LogP contribution is 2.05. The van der Waals surface area contributed by atoms with Crippen LogP contribution in [0.4, 0.5) is 4.79 Å². The fraction of sp³-hybridized carbons (Fsp3) is 0.800. The Hall–Kier alpha value is -0.850. The fourth-order valence-corrected chi connectivity index (χ4v) is 1.66. The summed E-state index contributed by atoms with van der Waals surface area (Å²) in [5.41, 5.74) is 5.72. The molecule has 0 aromatic carbocycles. The van der Waals surface area contributed by atoms with Gasteiger partial charge < -0.3 is 11.1 Å². The van der Waals surface area contributed by atoms with Crippen molar-refractivity contribution in [2.24, 2.45) is 5.73 Å². The number of nitrogens with zero attached hydrogens (tertiary/aromatic N) is 1. The third-order valence-electron chi connectivity index (χ3n) is 2.46. The van der Waals surface area contributed by atoms with Gasteiger partial charge >= 0.3 is 6.03 Å². The first-order chi connectivity index (χ1) is 7.61. The number of nitrogens with two attached hydrogens (primary N) is 1. The Morgan fingerprint density at radius 2 is 2.18 bits per heavy atom. The summed E-state index contributed by atoms with van der Waals surface area (Å²) < 4.78 is 0. The van der Waals surface area contributed by atoms with Gasteiger partial charge in [-0.25, -0.2) is 4.79 Å². The molecule has 0 saturated carbocycles. The Kier molecular flexibility index (Phi) is 7.86. The van der Waals surface area contributed by atoms with Gasteiger partial charge in [-0.1, -0.05) is 6.92 Å². The monoisotopic (exact) mass is 264 g/mol. The molecule has 1 atom stereocenters. The van der Waals surface area contributed by atoms with Gasteiger partial charge in [-0.05, 0) is 12.8 Å². The van der Waals surface area contributed by atoms with Crippen LogP contribution in [0.1, 0.15) is 19.8 Å². The van der Waals surface area contributed by atoms with Crippen LogP contribution in [0.3, 0.4) is 0 Å². The molecule has 7 heteroatoms. The molecule has 0 aromatic heterocycles. The second-order valence-corrected chi connectivity index (χ2v) is 4.09. The number of halogens is 1. The van der Waals surface area contributed by atoms with Gasteiger partial charge in [-0.3, -0.25) is 15.0 Å². The maximum absolute atomic E-state index is 11.4. The van der Waals surface area contributed by atoms with Crippen LogP contribution >= 0.6 is 12.4 Å². The number of hydrogen-bond donors (Lipinski definition) is 3. The minimum Gasteiger partial charge on any atom is -0.338 e. The molecule has 1 saturated heterocycles. The molecule has 0 aromatic rings. The lowest BCUT2D eigenvalue weighted by molar-refractivity contribution is -0.120. The van der Waals surface area contributed by atoms with Gasteiger partial charge in [0.05, 0.1) is 6.54 Å². The fourth-order valence-electron chi connectivity index (χ4n) is 1.66. The van der Waals surface area contributed by atoms with E-state index in [0.29, 0.717) is 6.54 Å². The van der Waals surface area contributed by atoms with Crippen LogP contribution in [-0.2, 0) is 4.79 Å². The van der Waals surface area contributed by atoms with Crippen molar-refractivity contribution in [3.63, 3.8) is 0 Å². The average molecular weight is 265 g/mol. The zero-order chi connectivity index (χ0) is 12.0. The van der Waals surface area contributed by atoms with E-state index in [2.05, 4.69) is 10.6 Å². The van der Waals surface area contributed by atoms with E-state index in [0.717, 1.165) is 25.9 Å². The predicted molar refractivity (Wildman–Crippen MR) is 68.1 cm³/mol. The van der Waals surface area contributed by atoms with Crippen LogP contribution in [0.2, 0.25) is 0 Å². The molecule has 17 heavy (non-hydrogen) atoms. The SMILES string of the molecule is CCCNC(=O)NC(=O)CN1CC[C@H](N)C1.Cl. The molecule has 0 radical (unpaired) electrons. The Balaban J connectivity index is 0.00000256.